The van der Waals surface area contributed by atoms with Gasteiger partial charge >= 0.3 is 0 Å². The van der Waals surface area contributed by atoms with E-state index >= 15 is 0 Å². The Kier molecular flexibility index (Phi) is 4.62. The summed E-state index contributed by atoms with van der Waals surface area (Å²) in [5, 5.41) is 6.65. The van der Waals surface area contributed by atoms with Gasteiger partial charge in [-0.2, -0.15) is 0 Å². The van der Waals surface area contributed by atoms with E-state index in [1.54, 1.807) is 0 Å². The second-order valence-corrected chi connectivity index (χ2v) is 3.83. The summed E-state index contributed by atoms with van der Waals surface area (Å²) < 4.78 is 0. The van der Waals surface area contributed by atoms with Crippen LogP contribution in [0.2, 0.25) is 0 Å². The summed E-state index contributed by atoms with van der Waals surface area (Å²) in [7, 11) is 4.13. The predicted molar refractivity (Wildman–Crippen MR) is 53.3 cm³/mol. The molecule has 0 spiro atoms. The molecule has 2 N–H and O–H groups in total. The summed E-state index contributed by atoms with van der Waals surface area (Å²) in [6.07, 6.45) is 7.05. The Bertz CT molecular complexity index is 108. The third-order valence-corrected chi connectivity index (χ3v) is 3.04. The maximum absolute atomic E-state index is 3.44. The Morgan fingerprint density at radius 3 is 2.42 bits per heavy atom. The van der Waals surface area contributed by atoms with Crippen molar-refractivity contribution in [3.63, 3.8) is 0 Å². The van der Waals surface area contributed by atoms with E-state index in [9.17, 15) is 0 Å². The Morgan fingerprint density at radius 1 is 1.25 bits per heavy atom. The molecule has 1 atom stereocenters. The fraction of sp³-hybridized carbons (Fsp3) is 1.00. The van der Waals surface area contributed by atoms with E-state index in [0.29, 0.717) is 0 Å². The number of nitrogens with one attached hydrogen (secondary N) is 2. The lowest BCUT2D eigenvalue weighted by molar-refractivity contribution is 0.357. The Morgan fingerprint density at radius 2 is 1.92 bits per heavy atom. The van der Waals surface area contributed by atoms with Crippen molar-refractivity contribution in [2.75, 3.05) is 20.6 Å². The molecule has 0 bridgehead atoms. The highest BCUT2D eigenvalue weighted by molar-refractivity contribution is 4.79. The van der Waals surface area contributed by atoms with Gasteiger partial charge in [-0.25, -0.2) is 0 Å². The van der Waals surface area contributed by atoms with Gasteiger partial charge in [0.15, 0.2) is 0 Å². The lowest BCUT2D eigenvalue weighted by atomic mass is 9.95. The van der Waals surface area contributed by atoms with Crippen molar-refractivity contribution in [2.24, 2.45) is 5.92 Å². The van der Waals surface area contributed by atoms with Crippen LogP contribution in [-0.2, 0) is 0 Å². The minimum atomic E-state index is 0.750. The SMILES string of the molecule is CNCCC(NC)C1CCCC1. The minimum Gasteiger partial charge on any atom is -0.320 e. The molecule has 0 heterocycles. The first-order valence-electron chi connectivity index (χ1n) is 5.20. The van der Waals surface area contributed by atoms with Crippen LogP contribution in [0.3, 0.4) is 0 Å². The average Bonchev–Trinajstić information content (AvgIpc) is 2.59. The molecule has 0 saturated heterocycles. The van der Waals surface area contributed by atoms with E-state index in [1.807, 2.05) is 7.05 Å². The molecule has 0 aromatic heterocycles. The largest absolute Gasteiger partial charge is 0.320 e. The van der Waals surface area contributed by atoms with E-state index < -0.39 is 0 Å². The van der Waals surface area contributed by atoms with Crippen LogP contribution in [0, 0.1) is 5.92 Å². The van der Waals surface area contributed by atoms with E-state index in [0.717, 1.165) is 18.5 Å². The van der Waals surface area contributed by atoms with Gasteiger partial charge in [-0.15, -0.1) is 0 Å². The quantitative estimate of drug-likeness (QED) is 0.651. The van der Waals surface area contributed by atoms with Gasteiger partial charge in [0.2, 0.25) is 0 Å². The van der Waals surface area contributed by atoms with Gasteiger partial charge in [0.25, 0.3) is 0 Å². The van der Waals surface area contributed by atoms with Crippen LogP contribution in [0.5, 0.6) is 0 Å². The summed E-state index contributed by atoms with van der Waals surface area (Å²) in [5.41, 5.74) is 0. The number of hydrogen-bond acceptors (Lipinski definition) is 2. The topological polar surface area (TPSA) is 24.1 Å². The van der Waals surface area contributed by atoms with Crippen LogP contribution < -0.4 is 10.6 Å². The van der Waals surface area contributed by atoms with Gasteiger partial charge in [0, 0.05) is 6.04 Å². The molecule has 2 heteroatoms. The Labute approximate surface area is 76.1 Å². The van der Waals surface area contributed by atoms with E-state index in [1.165, 1.54) is 32.1 Å². The maximum Gasteiger partial charge on any atom is 0.0104 e. The third kappa shape index (κ3) is 2.76. The molecule has 72 valence electrons. The summed E-state index contributed by atoms with van der Waals surface area (Å²) in [6.45, 7) is 1.14. The molecule has 0 aliphatic heterocycles. The molecule has 0 aromatic carbocycles. The van der Waals surface area contributed by atoms with Crippen molar-refractivity contribution in [3.8, 4) is 0 Å². The normalized spacial score (nSPS) is 21.5. The zero-order valence-electron chi connectivity index (χ0n) is 8.40. The standard InChI is InChI=1S/C10H22N2/c1-11-8-7-10(12-2)9-5-3-4-6-9/h9-12H,3-8H2,1-2H3. The molecule has 1 aliphatic rings. The fourth-order valence-corrected chi connectivity index (χ4v) is 2.28. The Hall–Kier alpha value is -0.0800. The first kappa shape index (κ1) is 10.0. The lowest BCUT2D eigenvalue weighted by Crippen LogP contribution is -2.34. The second-order valence-electron chi connectivity index (χ2n) is 3.83. The molecular formula is C10H22N2. The van der Waals surface area contributed by atoms with Crippen LogP contribution >= 0.6 is 0 Å². The van der Waals surface area contributed by atoms with Crippen molar-refractivity contribution in [1.29, 1.82) is 0 Å². The molecule has 1 unspecified atom stereocenters. The van der Waals surface area contributed by atoms with Crippen LogP contribution in [-0.4, -0.2) is 26.7 Å². The minimum absolute atomic E-state index is 0.750. The Balaban J connectivity index is 2.22. The highest BCUT2D eigenvalue weighted by Gasteiger charge is 2.22. The molecule has 0 radical (unpaired) electrons. The molecule has 1 fully saturated rings. The van der Waals surface area contributed by atoms with E-state index in [-0.39, 0.29) is 0 Å². The van der Waals surface area contributed by atoms with E-state index in [4.69, 9.17) is 0 Å². The monoisotopic (exact) mass is 170 g/mol. The van der Waals surface area contributed by atoms with Gasteiger partial charge in [-0.3, -0.25) is 0 Å². The van der Waals surface area contributed by atoms with Crippen LogP contribution in [0.15, 0.2) is 0 Å². The molecule has 0 amide bonds. The van der Waals surface area contributed by atoms with Crippen molar-refractivity contribution in [2.45, 2.75) is 38.1 Å². The molecule has 1 saturated carbocycles. The predicted octanol–water partition coefficient (Wildman–Crippen LogP) is 1.37. The van der Waals surface area contributed by atoms with Crippen molar-refractivity contribution in [3.05, 3.63) is 0 Å². The lowest BCUT2D eigenvalue weighted by Gasteiger charge is -2.22. The highest BCUT2D eigenvalue weighted by Crippen LogP contribution is 2.28. The molecule has 2 nitrogen and oxygen atoms in total. The first-order chi connectivity index (χ1) is 5.88. The summed E-state index contributed by atoms with van der Waals surface area (Å²) in [4.78, 5) is 0. The number of hydrogen-bond donors (Lipinski definition) is 2. The zero-order valence-corrected chi connectivity index (χ0v) is 8.40. The van der Waals surface area contributed by atoms with Gasteiger partial charge in [0.05, 0.1) is 0 Å². The third-order valence-electron chi connectivity index (χ3n) is 3.04. The van der Waals surface area contributed by atoms with Crippen molar-refractivity contribution in [1.82, 2.24) is 10.6 Å². The van der Waals surface area contributed by atoms with Gasteiger partial charge in [-0.1, -0.05) is 12.8 Å². The second kappa shape index (κ2) is 5.55. The average molecular weight is 170 g/mol. The van der Waals surface area contributed by atoms with Crippen molar-refractivity contribution < 1.29 is 0 Å². The molecular weight excluding hydrogens is 148 g/mol. The van der Waals surface area contributed by atoms with Crippen LogP contribution in [0.1, 0.15) is 32.1 Å². The van der Waals surface area contributed by atoms with Gasteiger partial charge in [-0.05, 0) is 45.8 Å². The molecule has 12 heavy (non-hydrogen) atoms. The highest BCUT2D eigenvalue weighted by atomic mass is 14.9. The summed E-state index contributed by atoms with van der Waals surface area (Å²) in [6, 6.07) is 0.750. The van der Waals surface area contributed by atoms with Crippen LogP contribution in [0.4, 0.5) is 0 Å². The fourth-order valence-electron chi connectivity index (χ4n) is 2.28. The van der Waals surface area contributed by atoms with Crippen molar-refractivity contribution >= 4 is 0 Å². The van der Waals surface area contributed by atoms with Gasteiger partial charge in [0.1, 0.15) is 0 Å². The smallest absolute Gasteiger partial charge is 0.0104 e. The summed E-state index contributed by atoms with van der Waals surface area (Å²) >= 11 is 0. The first-order valence-corrected chi connectivity index (χ1v) is 5.20. The molecule has 1 rings (SSSR count). The van der Waals surface area contributed by atoms with E-state index in [2.05, 4.69) is 17.7 Å². The molecule has 1 aliphatic carbocycles. The number of rotatable bonds is 5. The zero-order chi connectivity index (χ0) is 8.81. The maximum atomic E-state index is 3.44. The molecule has 0 aromatic rings. The summed E-state index contributed by atoms with van der Waals surface area (Å²) in [5.74, 6) is 0.948. The van der Waals surface area contributed by atoms with Gasteiger partial charge < -0.3 is 10.6 Å². The van der Waals surface area contributed by atoms with Crippen LogP contribution in [0.25, 0.3) is 0 Å².